The van der Waals surface area contributed by atoms with Gasteiger partial charge in [-0.2, -0.15) is 0 Å². The van der Waals surface area contributed by atoms with Crippen LogP contribution in [-0.2, 0) is 0 Å². The fourth-order valence-electron chi connectivity index (χ4n) is 2.42. The molecule has 21 heavy (non-hydrogen) atoms. The van der Waals surface area contributed by atoms with Gasteiger partial charge >= 0.3 is 6.03 Å². The number of amidine groups is 1. The van der Waals surface area contributed by atoms with Gasteiger partial charge in [0.15, 0.2) is 5.84 Å². The zero-order valence-corrected chi connectivity index (χ0v) is 12.4. The molecule has 1 aliphatic rings. The third kappa shape index (κ3) is 4.26. The average molecular weight is 311 g/mol. The minimum atomic E-state index is -0.264. The lowest BCUT2D eigenvalue weighted by Crippen LogP contribution is -2.39. The molecule has 2 rings (SSSR count). The SMILES string of the molecule is N/C(=N/O)c1ccc(NC(=O)NC2CCCCC2)c(Cl)c1. The van der Waals surface area contributed by atoms with E-state index >= 15 is 0 Å². The van der Waals surface area contributed by atoms with E-state index in [0.29, 0.717) is 16.3 Å². The van der Waals surface area contributed by atoms with Crippen molar-refractivity contribution in [2.75, 3.05) is 5.32 Å². The number of carbonyl (C=O) groups excluding carboxylic acids is 1. The molecule has 1 saturated carbocycles. The molecule has 7 heteroatoms. The van der Waals surface area contributed by atoms with Crippen molar-refractivity contribution in [1.29, 1.82) is 0 Å². The van der Waals surface area contributed by atoms with Crippen LogP contribution in [0.5, 0.6) is 0 Å². The Bertz CT molecular complexity index is 542. The summed E-state index contributed by atoms with van der Waals surface area (Å²) in [5.74, 6) is -0.0323. The highest BCUT2D eigenvalue weighted by molar-refractivity contribution is 6.34. The Hall–Kier alpha value is -1.95. The van der Waals surface area contributed by atoms with Crippen molar-refractivity contribution in [2.24, 2.45) is 10.9 Å². The van der Waals surface area contributed by atoms with Crippen LogP contribution in [0.25, 0.3) is 0 Å². The molecule has 6 nitrogen and oxygen atoms in total. The number of oxime groups is 1. The number of rotatable bonds is 3. The lowest BCUT2D eigenvalue weighted by atomic mass is 9.96. The lowest BCUT2D eigenvalue weighted by Gasteiger charge is -2.23. The molecule has 0 atom stereocenters. The Kier molecular flexibility index (Phi) is 5.27. The molecule has 1 aliphatic carbocycles. The Balaban J connectivity index is 1.97. The molecule has 0 saturated heterocycles. The van der Waals surface area contributed by atoms with Gasteiger partial charge in [0.25, 0.3) is 0 Å². The summed E-state index contributed by atoms with van der Waals surface area (Å²) in [6.07, 6.45) is 5.58. The highest BCUT2D eigenvalue weighted by atomic mass is 35.5. The summed E-state index contributed by atoms with van der Waals surface area (Å²) in [5.41, 5.74) is 6.45. The molecule has 0 bridgehead atoms. The first-order valence-electron chi connectivity index (χ1n) is 6.95. The average Bonchev–Trinajstić information content (AvgIpc) is 2.49. The third-order valence-electron chi connectivity index (χ3n) is 3.56. The first kappa shape index (κ1) is 15.4. The Morgan fingerprint density at radius 3 is 2.67 bits per heavy atom. The molecule has 5 N–H and O–H groups in total. The fourth-order valence-corrected chi connectivity index (χ4v) is 2.65. The molecule has 1 aromatic carbocycles. The van der Waals surface area contributed by atoms with Crippen LogP contribution in [0.4, 0.5) is 10.5 Å². The van der Waals surface area contributed by atoms with Crippen molar-refractivity contribution in [3.05, 3.63) is 28.8 Å². The smallest absolute Gasteiger partial charge is 0.319 e. The topological polar surface area (TPSA) is 99.7 Å². The molecule has 2 amide bonds. The number of carbonyl (C=O) groups is 1. The van der Waals surface area contributed by atoms with Crippen molar-refractivity contribution in [3.8, 4) is 0 Å². The first-order valence-corrected chi connectivity index (χ1v) is 7.33. The van der Waals surface area contributed by atoms with Crippen molar-refractivity contribution in [3.63, 3.8) is 0 Å². The number of urea groups is 1. The van der Waals surface area contributed by atoms with Gasteiger partial charge in [-0.25, -0.2) is 4.79 Å². The highest BCUT2D eigenvalue weighted by Crippen LogP contribution is 2.23. The van der Waals surface area contributed by atoms with E-state index in [1.165, 1.54) is 12.5 Å². The largest absolute Gasteiger partial charge is 0.409 e. The monoisotopic (exact) mass is 310 g/mol. The van der Waals surface area contributed by atoms with Crippen molar-refractivity contribution in [1.82, 2.24) is 5.32 Å². The van der Waals surface area contributed by atoms with E-state index in [0.717, 1.165) is 25.7 Å². The maximum atomic E-state index is 11.9. The quantitative estimate of drug-likeness (QED) is 0.299. The third-order valence-corrected chi connectivity index (χ3v) is 3.87. The standard InChI is InChI=1S/C14H19ClN4O2/c15-11-8-9(13(16)19-21)6-7-12(11)18-14(20)17-10-4-2-1-3-5-10/h6-8,10,21H,1-5H2,(H2,16,19)(H2,17,18,20). The number of anilines is 1. The Morgan fingerprint density at radius 1 is 1.33 bits per heavy atom. The second-order valence-electron chi connectivity index (χ2n) is 5.11. The van der Waals surface area contributed by atoms with Crippen molar-refractivity contribution >= 4 is 29.2 Å². The number of hydrogen-bond donors (Lipinski definition) is 4. The van der Waals surface area contributed by atoms with E-state index in [1.807, 2.05) is 0 Å². The van der Waals surface area contributed by atoms with E-state index in [-0.39, 0.29) is 17.9 Å². The summed E-state index contributed by atoms with van der Waals surface area (Å²) < 4.78 is 0. The number of halogens is 1. The maximum absolute atomic E-state index is 11.9. The van der Waals surface area contributed by atoms with E-state index in [9.17, 15) is 4.79 Å². The van der Waals surface area contributed by atoms with Gasteiger partial charge in [0.2, 0.25) is 0 Å². The van der Waals surface area contributed by atoms with E-state index in [4.69, 9.17) is 22.5 Å². The van der Waals surface area contributed by atoms with Gasteiger partial charge in [-0.3, -0.25) is 0 Å². The molecule has 1 aromatic rings. The minimum absolute atomic E-state index is 0.0323. The Morgan fingerprint density at radius 2 is 2.05 bits per heavy atom. The van der Waals surface area contributed by atoms with Crippen LogP contribution in [0.15, 0.2) is 23.4 Å². The summed E-state index contributed by atoms with van der Waals surface area (Å²) in [4.78, 5) is 11.9. The number of nitrogens with one attached hydrogen (secondary N) is 2. The zero-order valence-electron chi connectivity index (χ0n) is 11.6. The number of nitrogens with two attached hydrogens (primary N) is 1. The van der Waals surface area contributed by atoms with Gasteiger partial charge in [-0.1, -0.05) is 36.0 Å². The molecular formula is C14H19ClN4O2. The van der Waals surface area contributed by atoms with Gasteiger partial charge in [0.1, 0.15) is 0 Å². The van der Waals surface area contributed by atoms with Crippen LogP contribution in [0, 0.1) is 0 Å². The zero-order chi connectivity index (χ0) is 15.2. The molecule has 0 aliphatic heterocycles. The van der Waals surface area contributed by atoms with Crippen LogP contribution in [0.1, 0.15) is 37.7 Å². The van der Waals surface area contributed by atoms with E-state index < -0.39 is 0 Å². The second-order valence-corrected chi connectivity index (χ2v) is 5.52. The summed E-state index contributed by atoms with van der Waals surface area (Å²) in [6, 6.07) is 4.74. The predicted molar refractivity (Wildman–Crippen MR) is 83.0 cm³/mol. The van der Waals surface area contributed by atoms with Crippen LogP contribution in [-0.4, -0.2) is 23.1 Å². The second kappa shape index (κ2) is 7.17. The molecule has 1 fully saturated rings. The lowest BCUT2D eigenvalue weighted by molar-refractivity contribution is 0.244. The molecular weight excluding hydrogens is 292 g/mol. The molecule has 0 spiro atoms. The summed E-state index contributed by atoms with van der Waals surface area (Å²) in [7, 11) is 0. The molecule has 0 aromatic heterocycles. The van der Waals surface area contributed by atoms with Gasteiger partial charge in [-0.05, 0) is 31.0 Å². The van der Waals surface area contributed by atoms with Crippen LogP contribution in [0.3, 0.4) is 0 Å². The number of hydrogen-bond acceptors (Lipinski definition) is 3. The number of amides is 2. The first-order chi connectivity index (χ1) is 10.1. The van der Waals surface area contributed by atoms with Crippen LogP contribution >= 0.6 is 11.6 Å². The van der Waals surface area contributed by atoms with Crippen molar-refractivity contribution < 1.29 is 10.0 Å². The van der Waals surface area contributed by atoms with Gasteiger partial charge in [0, 0.05) is 11.6 Å². The van der Waals surface area contributed by atoms with Gasteiger partial charge in [0.05, 0.1) is 10.7 Å². The van der Waals surface area contributed by atoms with E-state index in [1.54, 1.807) is 12.1 Å². The highest BCUT2D eigenvalue weighted by Gasteiger charge is 2.16. The minimum Gasteiger partial charge on any atom is -0.409 e. The number of benzene rings is 1. The summed E-state index contributed by atoms with van der Waals surface area (Å²) in [5, 5.41) is 17.5. The van der Waals surface area contributed by atoms with Crippen LogP contribution in [0.2, 0.25) is 5.02 Å². The predicted octanol–water partition coefficient (Wildman–Crippen LogP) is 2.89. The maximum Gasteiger partial charge on any atom is 0.319 e. The molecule has 0 heterocycles. The normalized spacial score (nSPS) is 16.5. The van der Waals surface area contributed by atoms with Crippen LogP contribution < -0.4 is 16.4 Å². The Labute approximate surface area is 128 Å². The fraction of sp³-hybridized carbons (Fsp3) is 0.429. The molecule has 114 valence electrons. The van der Waals surface area contributed by atoms with Gasteiger partial charge in [-0.15, -0.1) is 0 Å². The summed E-state index contributed by atoms with van der Waals surface area (Å²) >= 11 is 6.08. The summed E-state index contributed by atoms with van der Waals surface area (Å²) in [6.45, 7) is 0. The van der Waals surface area contributed by atoms with E-state index in [2.05, 4.69) is 15.8 Å². The molecule has 0 radical (unpaired) electrons. The number of nitrogens with zero attached hydrogens (tertiary/aromatic N) is 1. The molecule has 0 unspecified atom stereocenters. The van der Waals surface area contributed by atoms with Crippen molar-refractivity contribution in [2.45, 2.75) is 38.1 Å². The van der Waals surface area contributed by atoms with Gasteiger partial charge < -0.3 is 21.6 Å².